The molecular weight excluding hydrogens is 444 g/mol. The van der Waals surface area contributed by atoms with Crippen molar-refractivity contribution in [2.24, 2.45) is 17.3 Å². The zero-order valence-corrected chi connectivity index (χ0v) is 20.8. The lowest BCUT2D eigenvalue weighted by molar-refractivity contribution is -0.153. The van der Waals surface area contributed by atoms with Gasteiger partial charge in [0, 0.05) is 37.8 Å². The molecule has 2 heterocycles. The second kappa shape index (κ2) is 11.1. The van der Waals surface area contributed by atoms with Crippen molar-refractivity contribution in [3.8, 4) is 5.75 Å². The van der Waals surface area contributed by atoms with Crippen LogP contribution in [-0.2, 0) is 19.1 Å². The topological polar surface area (TPSA) is 76.2 Å². The van der Waals surface area contributed by atoms with E-state index in [0.717, 1.165) is 37.1 Å². The standard InChI is InChI=1S/C28H36N2O5/c1-3-35-24-11-7-4-8-21(24)12-13-25(31)29-17-14-28(15-18-29)16-19-30(20-28)26(32)22-9-5-6-10-23(22)27(33)34-2/h4-8,11-13,22-23H,3,9-10,14-20H2,1-2H3/b13-12+/t22-,23+/m1/s1. The number of allylic oxidation sites excluding steroid dienone is 2. The maximum absolute atomic E-state index is 13.3. The Morgan fingerprint density at radius 3 is 2.34 bits per heavy atom. The Morgan fingerprint density at radius 2 is 1.66 bits per heavy atom. The Kier molecular flexibility index (Phi) is 7.93. The molecule has 7 nitrogen and oxygen atoms in total. The highest BCUT2D eigenvalue weighted by Gasteiger charge is 2.45. The highest BCUT2D eigenvalue weighted by molar-refractivity contribution is 5.92. The minimum Gasteiger partial charge on any atom is -0.493 e. The van der Waals surface area contributed by atoms with E-state index in [-0.39, 0.29) is 29.1 Å². The van der Waals surface area contributed by atoms with Crippen LogP contribution in [0.2, 0.25) is 0 Å². The highest BCUT2D eigenvalue weighted by atomic mass is 16.5. The SMILES string of the molecule is CCOc1ccccc1/C=C/C(=O)N1CCC2(CC1)CCN(C(=O)[C@@H]1CC=CC[C@@H]1C(=O)OC)C2. The van der Waals surface area contributed by atoms with E-state index in [4.69, 9.17) is 9.47 Å². The van der Waals surface area contributed by atoms with Gasteiger partial charge in [-0.25, -0.2) is 0 Å². The van der Waals surface area contributed by atoms with Crippen LogP contribution in [0, 0.1) is 17.3 Å². The van der Waals surface area contributed by atoms with Crippen LogP contribution in [0.25, 0.3) is 6.08 Å². The van der Waals surface area contributed by atoms with Crippen molar-refractivity contribution in [3.05, 3.63) is 48.1 Å². The summed E-state index contributed by atoms with van der Waals surface area (Å²) < 4.78 is 10.6. The summed E-state index contributed by atoms with van der Waals surface area (Å²) in [4.78, 5) is 42.2. The number of piperidine rings is 1. The number of hydrogen-bond acceptors (Lipinski definition) is 5. The lowest BCUT2D eigenvalue weighted by Gasteiger charge is -2.39. The Morgan fingerprint density at radius 1 is 1.00 bits per heavy atom. The quantitative estimate of drug-likeness (QED) is 0.353. The lowest BCUT2D eigenvalue weighted by Crippen LogP contribution is -2.45. The second-order valence-corrected chi connectivity index (χ2v) is 9.82. The molecule has 0 unspecified atom stereocenters. The van der Waals surface area contributed by atoms with E-state index in [2.05, 4.69) is 0 Å². The average Bonchev–Trinajstić information content (AvgIpc) is 3.31. The zero-order chi connectivity index (χ0) is 24.8. The summed E-state index contributed by atoms with van der Waals surface area (Å²) in [6, 6.07) is 7.70. The monoisotopic (exact) mass is 480 g/mol. The molecule has 1 aliphatic carbocycles. The van der Waals surface area contributed by atoms with Crippen molar-refractivity contribution in [1.29, 1.82) is 0 Å². The number of carbonyl (C=O) groups is 3. The Bertz CT molecular complexity index is 993. The molecule has 1 aromatic rings. The van der Waals surface area contributed by atoms with Crippen molar-refractivity contribution in [1.82, 2.24) is 9.80 Å². The van der Waals surface area contributed by atoms with Gasteiger partial charge in [0.25, 0.3) is 0 Å². The first-order valence-corrected chi connectivity index (χ1v) is 12.7. The van der Waals surface area contributed by atoms with E-state index in [0.29, 0.717) is 39.1 Å². The number of benzene rings is 1. The first-order chi connectivity index (χ1) is 17.0. The Hall–Kier alpha value is -3.09. The number of carbonyl (C=O) groups excluding carboxylic acids is 3. The highest BCUT2D eigenvalue weighted by Crippen LogP contribution is 2.42. The van der Waals surface area contributed by atoms with Gasteiger partial charge >= 0.3 is 5.97 Å². The molecule has 188 valence electrons. The van der Waals surface area contributed by atoms with Crippen molar-refractivity contribution < 1.29 is 23.9 Å². The lowest BCUT2D eigenvalue weighted by atomic mass is 9.77. The molecule has 0 radical (unpaired) electrons. The number of hydrogen-bond donors (Lipinski definition) is 0. The molecule has 0 bridgehead atoms. The summed E-state index contributed by atoms with van der Waals surface area (Å²) in [7, 11) is 1.38. The fourth-order valence-electron chi connectivity index (χ4n) is 5.64. The number of methoxy groups -OCH3 is 1. The minimum absolute atomic E-state index is 0.00648. The van der Waals surface area contributed by atoms with E-state index in [9.17, 15) is 14.4 Å². The van der Waals surface area contributed by atoms with Crippen LogP contribution in [0.1, 0.15) is 44.6 Å². The van der Waals surface area contributed by atoms with Crippen LogP contribution < -0.4 is 4.74 Å². The van der Waals surface area contributed by atoms with Crippen LogP contribution in [0.5, 0.6) is 5.75 Å². The van der Waals surface area contributed by atoms with Crippen molar-refractivity contribution in [2.45, 2.75) is 39.0 Å². The van der Waals surface area contributed by atoms with Gasteiger partial charge in [-0.15, -0.1) is 0 Å². The Balaban J connectivity index is 1.32. The molecule has 35 heavy (non-hydrogen) atoms. The van der Waals surface area contributed by atoms with Crippen molar-refractivity contribution >= 4 is 23.9 Å². The maximum Gasteiger partial charge on any atom is 0.309 e. The molecule has 7 heteroatoms. The van der Waals surface area contributed by atoms with E-state index in [1.165, 1.54) is 7.11 Å². The predicted molar refractivity (Wildman–Crippen MR) is 133 cm³/mol. The van der Waals surface area contributed by atoms with E-state index < -0.39 is 5.92 Å². The van der Waals surface area contributed by atoms with Crippen molar-refractivity contribution in [3.63, 3.8) is 0 Å². The van der Waals surface area contributed by atoms with E-state index in [1.807, 2.05) is 59.2 Å². The van der Waals surface area contributed by atoms with E-state index >= 15 is 0 Å². The molecule has 1 aromatic carbocycles. The first-order valence-electron chi connectivity index (χ1n) is 12.7. The van der Waals surface area contributed by atoms with E-state index in [1.54, 1.807) is 6.08 Å². The summed E-state index contributed by atoms with van der Waals surface area (Å²) in [6.45, 7) is 5.32. The van der Waals surface area contributed by atoms with Crippen LogP contribution in [0.15, 0.2) is 42.5 Å². The van der Waals surface area contributed by atoms with Gasteiger partial charge in [-0.3, -0.25) is 14.4 Å². The molecule has 2 amide bonds. The van der Waals surface area contributed by atoms with Gasteiger partial charge in [0.2, 0.25) is 11.8 Å². The fraction of sp³-hybridized carbons (Fsp3) is 0.536. The first kappa shape index (κ1) is 25.0. The number of ether oxygens (including phenoxy) is 2. The summed E-state index contributed by atoms with van der Waals surface area (Å²) in [5, 5.41) is 0. The number of amides is 2. The van der Waals surface area contributed by atoms with Gasteiger partial charge in [0.1, 0.15) is 5.75 Å². The van der Waals surface area contributed by atoms with Gasteiger partial charge in [0.05, 0.1) is 25.6 Å². The Labute approximate surface area is 207 Å². The van der Waals surface area contributed by atoms with Crippen LogP contribution in [0.3, 0.4) is 0 Å². The largest absolute Gasteiger partial charge is 0.493 e. The molecule has 2 aliphatic heterocycles. The molecule has 0 N–H and O–H groups in total. The third-order valence-corrected chi connectivity index (χ3v) is 7.76. The van der Waals surface area contributed by atoms with Gasteiger partial charge in [0.15, 0.2) is 0 Å². The second-order valence-electron chi connectivity index (χ2n) is 9.82. The molecule has 2 fully saturated rings. The van der Waals surface area contributed by atoms with Crippen molar-refractivity contribution in [2.75, 3.05) is 39.9 Å². The van der Waals surface area contributed by atoms with Crippen LogP contribution in [-0.4, -0.2) is 67.5 Å². The third kappa shape index (κ3) is 5.60. The third-order valence-electron chi connectivity index (χ3n) is 7.76. The predicted octanol–water partition coefficient (Wildman–Crippen LogP) is 3.70. The minimum atomic E-state index is -0.395. The molecule has 2 saturated heterocycles. The summed E-state index contributed by atoms with van der Waals surface area (Å²) in [6.07, 6.45) is 11.3. The molecular formula is C28H36N2O5. The normalized spacial score (nSPS) is 23.6. The summed E-state index contributed by atoms with van der Waals surface area (Å²) >= 11 is 0. The van der Waals surface area contributed by atoms with Gasteiger partial charge in [-0.05, 0) is 56.6 Å². The molecule has 0 aromatic heterocycles. The van der Waals surface area contributed by atoms with Crippen LogP contribution >= 0.6 is 0 Å². The summed E-state index contributed by atoms with van der Waals surface area (Å²) in [5.74, 6) is -0.189. The number of likely N-dealkylation sites (tertiary alicyclic amines) is 2. The molecule has 4 rings (SSSR count). The summed E-state index contributed by atoms with van der Waals surface area (Å²) in [5.41, 5.74) is 0.951. The number of para-hydroxylation sites is 1. The molecule has 0 saturated carbocycles. The smallest absolute Gasteiger partial charge is 0.309 e. The maximum atomic E-state index is 13.3. The van der Waals surface area contributed by atoms with Gasteiger partial charge in [-0.1, -0.05) is 30.4 Å². The fourth-order valence-corrected chi connectivity index (χ4v) is 5.64. The van der Waals surface area contributed by atoms with Gasteiger partial charge in [-0.2, -0.15) is 0 Å². The average molecular weight is 481 g/mol. The number of rotatable bonds is 6. The molecule has 2 atom stereocenters. The van der Waals surface area contributed by atoms with Gasteiger partial charge < -0.3 is 19.3 Å². The number of esters is 1. The number of nitrogens with zero attached hydrogens (tertiary/aromatic N) is 2. The van der Waals surface area contributed by atoms with Crippen LogP contribution in [0.4, 0.5) is 0 Å². The molecule has 1 spiro atoms. The zero-order valence-electron chi connectivity index (χ0n) is 20.8. The molecule has 3 aliphatic rings.